The van der Waals surface area contributed by atoms with E-state index in [9.17, 15) is 13.6 Å². The lowest BCUT2D eigenvalue weighted by Crippen LogP contribution is -2.12. The van der Waals surface area contributed by atoms with Gasteiger partial charge in [-0.25, -0.2) is 8.78 Å². The van der Waals surface area contributed by atoms with Crippen LogP contribution in [-0.4, -0.2) is 5.91 Å². The van der Waals surface area contributed by atoms with Gasteiger partial charge in [0.05, 0.1) is 5.56 Å². The normalized spacial score (nSPS) is 9.83. The molecule has 6 heteroatoms. The first kappa shape index (κ1) is 12.2. The number of nitriles is 1. The van der Waals surface area contributed by atoms with E-state index >= 15 is 0 Å². The molecule has 2 aromatic rings. The minimum Gasteiger partial charge on any atom is -0.312 e. The number of rotatable bonds is 2. The van der Waals surface area contributed by atoms with Crippen LogP contribution in [0.1, 0.15) is 15.9 Å². The minimum absolute atomic E-state index is 0.134. The van der Waals surface area contributed by atoms with E-state index in [-0.39, 0.29) is 5.56 Å². The van der Waals surface area contributed by atoms with Crippen LogP contribution in [0.15, 0.2) is 29.6 Å². The number of benzene rings is 1. The van der Waals surface area contributed by atoms with Crippen molar-refractivity contribution in [1.82, 2.24) is 0 Å². The second-order valence-corrected chi connectivity index (χ2v) is 4.30. The van der Waals surface area contributed by atoms with Gasteiger partial charge in [-0.15, -0.1) is 11.3 Å². The summed E-state index contributed by atoms with van der Waals surface area (Å²) in [6.45, 7) is 0. The van der Waals surface area contributed by atoms with Gasteiger partial charge < -0.3 is 5.32 Å². The number of carbonyl (C=O) groups excluding carboxylic acids is 1. The highest BCUT2D eigenvalue weighted by atomic mass is 32.1. The number of carbonyl (C=O) groups is 1. The number of hydrogen-bond acceptors (Lipinski definition) is 3. The number of halogens is 2. The predicted molar refractivity (Wildman–Crippen MR) is 63.3 cm³/mol. The topological polar surface area (TPSA) is 52.9 Å². The fourth-order valence-electron chi connectivity index (χ4n) is 1.35. The molecule has 0 spiro atoms. The van der Waals surface area contributed by atoms with Crippen molar-refractivity contribution >= 4 is 22.2 Å². The lowest BCUT2D eigenvalue weighted by Gasteiger charge is -2.03. The van der Waals surface area contributed by atoms with Crippen LogP contribution in [0.4, 0.5) is 13.8 Å². The van der Waals surface area contributed by atoms with Crippen molar-refractivity contribution in [2.24, 2.45) is 0 Å². The first-order valence-electron chi connectivity index (χ1n) is 4.85. The zero-order chi connectivity index (χ0) is 13.1. The Morgan fingerprint density at radius 1 is 1.28 bits per heavy atom. The lowest BCUT2D eigenvalue weighted by molar-refractivity contribution is 0.102. The third kappa shape index (κ3) is 2.52. The Morgan fingerprint density at radius 3 is 2.56 bits per heavy atom. The fraction of sp³-hybridized carbons (Fsp3) is 0. The summed E-state index contributed by atoms with van der Waals surface area (Å²) in [5.41, 5.74) is 0.176. The monoisotopic (exact) mass is 264 g/mol. The molecule has 1 amide bonds. The van der Waals surface area contributed by atoms with Crippen molar-refractivity contribution in [3.63, 3.8) is 0 Å². The molecule has 18 heavy (non-hydrogen) atoms. The van der Waals surface area contributed by atoms with E-state index in [2.05, 4.69) is 5.32 Å². The van der Waals surface area contributed by atoms with E-state index in [1.54, 1.807) is 11.4 Å². The number of thiophene rings is 1. The molecular weight excluding hydrogens is 258 g/mol. The standard InChI is InChI=1S/C12H6F2N2OS/c13-9-3-8(4-10(14)5-9)11(17)16-12-7(6-15)1-2-18-12/h1-5H,(H,16,17). The molecule has 0 bridgehead atoms. The van der Waals surface area contributed by atoms with Crippen LogP contribution in [0.5, 0.6) is 0 Å². The van der Waals surface area contributed by atoms with Crippen LogP contribution in [0.2, 0.25) is 0 Å². The Hall–Kier alpha value is -2.26. The van der Waals surface area contributed by atoms with E-state index in [1.807, 2.05) is 6.07 Å². The van der Waals surface area contributed by atoms with Gasteiger partial charge in [0.1, 0.15) is 22.7 Å². The Labute approximate surface area is 105 Å². The van der Waals surface area contributed by atoms with Crippen molar-refractivity contribution in [3.8, 4) is 6.07 Å². The van der Waals surface area contributed by atoms with Gasteiger partial charge in [0.2, 0.25) is 0 Å². The quantitative estimate of drug-likeness (QED) is 0.905. The molecular formula is C12H6F2N2OS. The molecule has 3 nitrogen and oxygen atoms in total. The molecule has 1 heterocycles. The zero-order valence-electron chi connectivity index (χ0n) is 8.91. The second kappa shape index (κ2) is 4.94. The number of amides is 1. The van der Waals surface area contributed by atoms with Crippen LogP contribution in [-0.2, 0) is 0 Å². The summed E-state index contributed by atoms with van der Waals surface area (Å²) in [5.74, 6) is -2.31. The predicted octanol–water partition coefficient (Wildman–Crippen LogP) is 3.15. The Kier molecular flexibility index (Phi) is 3.35. The Bertz CT molecular complexity index is 626. The van der Waals surface area contributed by atoms with Gasteiger partial charge >= 0.3 is 0 Å². The summed E-state index contributed by atoms with van der Waals surface area (Å²) in [4.78, 5) is 11.7. The molecule has 0 aliphatic heterocycles. The van der Waals surface area contributed by atoms with E-state index < -0.39 is 17.5 Å². The summed E-state index contributed by atoms with van der Waals surface area (Å²) in [6.07, 6.45) is 0. The molecule has 1 N–H and O–H groups in total. The van der Waals surface area contributed by atoms with Gasteiger partial charge in [0, 0.05) is 11.6 Å². The number of nitrogens with one attached hydrogen (secondary N) is 1. The summed E-state index contributed by atoms with van der Waals surface area (Å²) < 4.78 is 25.9. The van der Waals surface area contributed by atoms with E-state index in [0.717, 1.165) is 23.5 Å². The fourth-order valence-corrected chi connectivity index (χ4v) is 2.09. The third-order valence-corrected chi connectivity index (χ3v) is 2.97. The van der Waals surface area contributed by atoms with Gasteiger partial charge in [-0.3, -0.25) is 4.79 Å². The van der Waals surface area contributed by atoms with Crippen LogP contribution in [0.25, 0.3) is 0 Å². The summed E-state index contributed by atoms with van der Waals surface area (Å²) in [5, 5.41) is 13.2. The molecule has 1 aromatic carbocycles. The van der Waals surface area contributed by atoms with Crippen molar-refractivity contribution in [2.75, 3.05) is 5.32 Å². The van der Waals surface area contributed by atoms with E-state index in [1.165, 1.54) is 0 Å². The van der Waals surface area contributed by atoms with Gasteiger partial charge in [-0.2, -0.15) is 5.26 Å². The average molecular weight is 264 g/mol. The maximum atomic E-state index is 12.9. The van der Waals surface area contributed by atoms with Crippen LogP contribution >= 0.6 is 11.3 Å². The molecule has 0 aliphatic rings. The Morgan fingerprint density at radius 2 is 1.94 bits per heavy atom. The number of anilines is 1. The zero-order valence-corrected chi connectivity index (χ0v) is 9.72. The largest absolute Gasteiger partial charge is 0.312 e. The van der Waals surface area contributed by atoms with E-state index in [0.29, 0.717) is 16.6 Å². The highest BCUT2D eigenvalue weighted by molar-refractivity contribution is 7.14. The highest BCUT2D eigenvalue weighted by Crippen LogP contribution is 2.23. The van der Waals surface area contributed by atoms with Crippen LogP contribution in [0, 0.1) is 23.0 Å². The number of nitrogens with zero attached hydrogens (tertiary/aromatic N) is 1. The molecule has 2 rings (SSSR count). The van der Waals surface area contributed by atoms with Gasteiger partial charge in [0.15, 0.2) is 0 Å². The molecule has 0 saturated heterocycles. The molecule has 0 aliphatic carbocycles. The first-order chi connectivity index (χ1) is 8.60. The second-order valence-electron chi connectivity index (χ2n) is 3.39. The van der Waals surface area contributed by atoms with Crippen LogP contribution < -0.4 is 5.32 Å². The highest BCUT2D eigenvalue weighted by Gasteiger charge is 2.12. The molecule has 1 aromatic heterocycles. The molecule has 0 fully saturated rings. The molecule has 0 saturated carbocycles. The molecule has 0 atom stereocenters. The van der Waals surface area contributed by atoms with E-state index in [4.69, 9.17) is 5.26 Å². The van der Waals surface area contributed by atoms with Crippen molar-refractivity contribution in [2.45, 2.75) is 0 Å². The van der Waals surface area contributed by atoms with Gasteiger partial charge in [-0.1, -0.05) is 0 Å². The van der Waals surface area contributed by atoms with Crippen molar-refractivity contribution < 1.29 is 13.6 Å². The van der Waals surface area contributed by atoms with Crippen molar-refractivity contribution in [3.05, 3.63) is 52.4 Å². The maximum Gasteiger partial charge on any atom is 0.256 e. The van der Waals surface area contributed by atoms with Crippen molar-refractivity contribution in [1.29, 1.82) is 5.26 Å². The number of hydrogen-bond donors (Lipinski definition) is 1. The van der Waals surface area contributed by atoms with Gasteiger partial charge in [-0.05, 0) is 23.6 Å². The SMILES string of the molecule is N#Cc1ccsc1NC(=O)c1cc(F)cc(F)c1. The smallest absolute Gasteiger partial charge is 0.256 e. The van der Waals surface area contributed by atoms with Crippen LogP contribution in [0.3, 0.4) is 0 Å². The average Bonchev–Trinajstić information content (AvgIpc) is 2.75. The first-order valence-corrected chi connectivity index (χ1v) is 5.73. The molecule has 0 radical (unpaired) electrons. The molecule has 0 unspecified atom stereocenters. The van der Waals surface area contributed by atoms with Gasteiger partial charge in [0.25, 0.3) is 5.91 Å². The summed E-state index contributed by atoms with van der Waals surface area (Å²) in [6, 6.07) is 5.99. The third-order valence-electron chi connectivity index (χ3n) is 2.14. The molecule has 90 valence electrons. The minimum atomic E-state index is -0.827. The summed E-state index contributed by atoms with van der Waals surface area (Å²) in [7, 11) is 0. The maximum absolute atomic E-state index is 12.9. The summed E-state index contributed by atoms with van der Waals surface area (Å²) >= 11 is 1.16. The lowest BCUT2D eigenvalue weighted by atomic mass is 10.2. The Balaban J connectivity index is 2.25.